The van der Waals surface area contributed by atoms with Crippen LogP contribution in [0.4, 0.5) is 4.39 Å². The van der Waals surface area contributed by atoms with Crippen LogP contribution in [0, 0.1) is 17.1 Å². The predicted molar refractivity (Wildman–Crippen MR) is 69.9 cm³/mol. The summed E-state index contributed by atoms with van der Waals surface area (Å²) in [5.74, 6) is -0.727. The molecule has 2 unspecified atom stereocenters. The first-order valence-electron chi connectivity index (χ1n) is 6.19. The molecule has 0 N–H and O–H groups in total. The molecule has 0 bridgehead atoms. The molecule has 1 aliphatic rings. The molecule has 0 aromatic heterocycles. The van der Waals surface area contributed by atoms with E-state index in [9.17, 15) is 12.8 Å². The second kappa shape index (κ2) is 5.48. The van der Waals surface area contributed by atoms with Crippen molar-refractivity contribution in [2.24, 2.45) is 0 Å². The van der Waals surface area contributed by atoms with Gasteiger partial charge in [-0.2, -0.15) is 9.57 Å². The zero-order valence-corrected chi connectivity index (χ0v) is 12.0. The molecule has 20 heavy (non-hydrogen) atoms. The Morgan fingerprint density at radius 2 is 2.15 bits per heavy atom. The number of halogens is 1. The van der Waals surface area contributed by atoms with Gasteiger partial charge in [-0.15, -0.1) is 0 Å². The zero-order chi connectivity index (χ0) is 14.9. The molecule has 1 fully saturated rings. The third kappa shape index (κ3) is 2.68. The largest absolute Gasteiger partial charge is 0.375 e. The van der Waals surface area contributed by atoms with Gasteiger partial charge in [0.25, 0.3) is 0 Å². The molecule has 0 radical (unpaired) electrons. The van der Waals surface area contributed by atoms with E-state index in [1.165, 1.54) is 10.4 Å². The molecule has 0 spiro atoms. The van der Waals surface area contributed by atoms with Crippen LogP contribution in [-0.4, -0.2) is 38.0 Å². The van der Waals surface area contributed by atoms with Crippen LogP contribution in [0.1, 0.15) is 19.4 Å². The number of ether oxygens (including phenoxy) is 1. The lowest BCUT2D eigenvalue weighted by atomic mass is 10.2. The average Bonchev–Trinajstić information content (AvgIpc) is 2.41. The van der Waals surface area contributed by atoms with E-state index in [0.717, 1.165) is 12.1 Å². The number of morpholine rings is 1. The van der Waals surface area contributed by atoms with E-state index >= 15 is 0 Å². The van der Waals surface area contributed by atoms with Crippen molar-refractivity contribution in [1.29, 1.82) is 5.26 Å². The number of rotatable bonds is 2. The molecule has 2 rings (SSSR count). The number of hydrogen-bond donors (Lipinski definition) is 0. The van der Waals surface area contributed by atoms with Crippen molar-refractivity contribution in [3.8, 4) is 6.07 Å². The highest BCUT2D eigenvalue weighted by molar-refractivity contribution is 7.89. The van der Waals surface area contributed by atoms with Crippen LogP contribution in [0.5, 0.6) is 0 Å². The first kappa shape index (κ1) is 14.9. The van der Waals surface area contributed by atoms with Gasteiger partial charge in [0.2, 0.25) is 10.0 Å². The van der Waals surface area contributed by atoms with Gasteiger partial charge < -0.3 is 4.74 Å². The Balaban J connectivity index is 2.42. The molecule has 0 aliphatic carbocycles. The van der Waals surface area contributed by atoms with Crippen molar-refractivity contribution >= 4 is 10.0 Å². The third-order valence-electron chi connectivity index (χ3n) is 3.22. The number of sulfonamides is 1. The van der Waals surface area contributed by atoms with Crippen LogP contribution in [-0.2, 0) is 14.8 Å². The maximum absolute atomic E-state index is 13.3. The van der Waals surface area contributed by atoms with Crippen molar-refractivity contribution in [3.63, 3.8) is 0 Å². The van der Waals surface area contributed by atoms with Crippen molar-refractivity contribution in [3.05, 3.63) is 29.6 Å². The first-order valence-corrected chi connectivity index (χ1v) is 7.63. The van der Waals surface area contributed by atoms with Crippen LogP contribution in [0.25, 0.3) is 0 Å². The highest BCUT2D eigenvalue weighted by Crippen LogP contribution is 2.23. The minimum Gasteiger partial charge on any atom is -0.375 e. The van der Waals surface area contributed by atoms with E-state index in [0.29, 0.717) is 6.61 Å². The molecule has 7 heteroatoms. The van der Waals surface area contributed by atoms with Gasteiger partial charge in [0.1, 0.15) is 11.9 Å². The van der Waals surface area contributed by atoms with Crippen LogP contribution >= 0.6 is 0 Å². The van der Waals surface area contributed by atoms with Crippen LogP contribution < -0.4 is 0 Å². The van der Waals surface area contributed by atoms with E-state index in [1.807, 2.05) is 0 Å². The minimum absolute atomic E-state index is 0.0728. The fraction of sp³-hybridized carbons (Fsp3) is 0.462. The van der Waals surface area contributed by atoms with Crippen LogP contribution in [0.3, 0.4) is 0 Å². The normalized spacial score (nSPS) is 24.3. The number of nitriles is 1. The summed E-state index contributed by atoms with van der Waals surface area (Å²) in [6.07, 6.45) is -0.197. The van der Waals surface area contributed by atoms with Crippen LogP contribution in [0.15, 0.2) is 23.1 Å². The number of nitrogens with zero attached hydrogens (tertiary/aromatic N) is 2. The van der Waals surface area contributed by atoms with Gasteiger partial charge in [0.05, 0.1) is 23.2 Å². The van der Waals surface area contributed by atoms with Gasteiger partial charge in [0.15, 0.2) is 0 Å². The molecule has 1 aromatic rings. The summed E-state index contributed by atoms with van der Waals surface area (Å²) in [6.45, 7) is 4.09. The summed E-state index contributed by atoms with van der Waals surface area (Å²) in [5, 5.41) is 8.79. The summed E-state index contributed by atoms with van der Waals surface area (Å²) in [4.78, 5) is -0.0728. The van der Waals surface area contributed by atoms with E-state index in [-0.39, 0.29) is 29.1 Å². The average molecular weight is 298 g/mol. The van der Waals surface area contributed by atoms with Gasteiger partial charge in [0, 0.05) is 12.6 Å². The smallest absolute Gasteiger partial charge is 0.243 e. The molecule has 5 nitrogen and oxygen atoms in total. The summed E-state index contributed by atoms with van der Waals surface area (Å²) in [6, 6.07) is 4.59. The van der Waals surface area contributed by atoms with Gasteiger partial charge in [-0.05, 0) is 32.0 Å². The Bertz CT molecular complexity index is 654. The lowest BCUT2D eigenvalue weighted by Crippen LogP contribution is -2.50. The van der Waals surface area contributed by atoms with E-state index in [2.05, 4.69) is 0 Å². The number of benzene rings is 1. The molecule has 1 saturated heterocycles. The van der Waals surface area contributed by atoms with Crippen molar-refractivity contribution < 1.29 is 17.5 Å². The molecule has 0 saturated carbocycles. The van der Waals surface area contributed by atoms with Crippen molar-refractivity contribution in [2.75, 3.05) is 13.2 Å². The monoisotopic (exact) mass is 298 g/mol. The summed E-state index contributed by atoms with van der Waals surface area (Å²) < 4.78 is 45.1. The van der Waals surface area contributed by atoms with E-state index < -0.39 is 15.8 Å². The molecule has 1 heterocycles. The maximum atomic E-state index is 13.3. The highest BCUT2D eigenvalue weighted by atomic mass is 32.2. The Kier molecular flexibility index (Phi) is 4.09. The molecule has 1 aromatic carbocycles. The standard InChI is InChI=1S/C13H15FN2O3S/c1-9-8-19-10(2)7-16(9)20(17,18)12-3-4-13(14)11(5-12)6-15/h3-5,9-10H,7-8H2,1-2H3. The number of hydrogen-bond acceptors (Lipinski definition) is 4. The molecular weight excluding hydrogens is 283 g/mol. The highest BCUT2D eigenvalue weighted by Gasteiger charge is 2.34. The van der Waals surface area contributed by atoms with Gasteiger partial charge in [-0.25, -0.2) is 12.8 Å². The first-order chi connectivity index (χ1) is 9.36. The Morgan fingerprint density at radius 1 is 1.45 bits per heavy atom. The van der Waals surface area contributed by atoms with Gasteiger partial charge in [-0.1, -0.05) is 0 Å². The second-order valence-electron chi connectivity index (χ2n) is 4.82. The SMILES string of the molecule is CC1CN(S(=O)(=O)c2ccc(F)c(C#N)c2)C(C)CO1. The van der Waals surface area contributed by atoms with Gasteiger partial charge >= 0.3 is 0 Å². The molecule has 2 atom stereocenters. The Morgan fingerprint density at radius 3 is 2.80 bits per heavy atom. The lowest BCUT2D eigenvalue weighted by Gasteiger charge is -2.35. The quantitative estimate of drug-likeness (QED) is 0.829. The molecule has 1 aliphatic heterocycles. The zero-order valence-electron chi connectivity index (χ0n) is 11.2. The predicted octanol–water partition coefficient (Wildman–Crippen LogP) is 1.50. The summed E-state index contributed by atoms with van der Waals surface area (Å²) in [7, 11) is -3.76. The Hall–Kier alpha value is -1.49. The third-order valence-corrected chi connectivity index (χ3v) is 5.19. The van der Waals surface area contributed by atoms with Crippen molar-refractivity contribution in [2.45, 2.75) is 30.9 Å². The fourth-order valence-corrected chi connectivity index (χ4v) is 3.81. The van der Waals surface area contributed by atoms with E-state index in [1.54, 1.807) is 19.9 Å². The maximum Gasteiger partial charge on any atom is 0.243 e. The van der Waals surface area contributed by atoms with E-state index in [4.69, 9.17) is 10.00 Å². The summed E-state index contributed by atoms with van der Waals surface area (Å²) >= 11 is 0. The lowest BCUT2D eigenvalue weighted by molar-refractivity contribution is -0.0170. The molecular formula is C13H15FN2O3S. The Labute approximate surface area is 117 Å². The van der Waals surface area contributed by atoms with Crippen molar-refractivity contribution in [1.82, 2.24) is 4.31 Å². The topological polar surface area (TPSA) is 70.4 Å². The van der Waals surface area contributed by atoms with Crippen LogP contribution in [0.2, 0.25) is 0 Å². The summed E-state index contributed by atoms with van der Waals surface area (Å²) in [5.41, 5.74) is -0.278. The molecule has 0 amide bonds. The van der Waals surface area contributed by atoms with Gasteiger partial charge in [-0.3, -0.25) is 0 Å². The fourth-order valence-electron chi connectivity index (χ4n) is 2.09. The second-order valence-corrected chi connectivity index (χ2v) is 6.71. The minimum atomic E-state index is -3.76. The molecule has 108 valence electrons.